The van der Waals surface area contributed by atoms with Crippen molar-refractivity contribution in [2.45, 2.75) is 84.5 Å². The van der Waals surface area contributed by atoms with Gasteiger partial charge in [-0.15, -0.1) is 0 Å². The first-order valence-electron chi connectivity index (χ1n) is 13.9. The zero-order valence-electron chi connectivity index (χ0n) is 24.4. The number of allylic oxidation sites excluding steroid dienone is 1. The lowest BCUT2D eigenvalue weighted by Crippen LogP contribution is -2.52. The van der Waals surface area contributed by atoms with E-state index >= 15 is 0 Å². The fourth-order valence-electron chi connectivity index (χ4n) is 6.12. The Bertz CT molecular complexity index is 1060. The van der Waals surface area contributed by atoms with Crippen LogP contribution in [-0.2, 0) is 29.3 Å². The maximum absolute atomic E-state index is 12.2. The number of unbranched alkanes of at least 4 members (excludes halogenated alkanes) is 3. The summed E-state index contributed by atoms with van der Waals surface area (Å²) >= 11 is 0. The smallest absolute Gasteiger partial charge is 0.343 e. The van der Waals surface area contributed by atoms with Crippen molar-refractivity contribution in [1.82, 2.24) is 0 Å². The van der Waals surface area contributed by atoms with Gasteiger partial charge in [0.1, 0.15) is 11.5 Å². The number of carbonyl (C=O) groups is 3. The summed E-state index contributed by atoms with van der Waals surface area (Å²) in [4.78, 5) is 36.4. The van der Waals surface area contributed by atoms with Gasteiger partial charge in [0.25, 0.3) is 0 Å². The number of methoxy groups -OCH3 is 2. The number of carbonyl (C=O) groups excluding carboxylic acids is 2. The topological polar surface area (TPSA) is 108 Å². The van der Waals surface area contributed by atoms with E-state index in [1.807, 2.05) is 12.1 Å². The van der Waals surface area contributed by atoms with Crippen LogP contribution in [0.2, 0.25) is 0 Å². The maximum Gasteiger partial charge on any atom is 0.343 e. The van der Waals surface area contributed by atoms with Crippen molar-refractivity contribution in [1.29, 1.82) is 0 Å². The Kier molecular flexibility index (Phi) is 9.73. The van der Waals surface area contributed by atoms with Crippen LogP contribution in [0.3, 0.4) is 0 Å². The molecular weight excluding hydrogens is 500 g/mol. The SMILES string of the molecule is CCCCCCC(C)(C)c1cc(OCC(=O)OC)c([C@H]2C=C(C(=O)O)[C@@H]3CC2C3(C)C)c(OCC(=O)OC)c1. The van der Waals surface area contributed by atoms with Gasteiger partial charge in [0, 0.05) is 17.1 Å². The molecule has 216 valence electrons. The molecule has 3 aliphatic carbocycles. The van der Waals surface area contributed by atoms with Gasteiger partial charge in [0.05, 0.1) is 14.2 Å². The Morgan fingerprint density at radius 1 is 0.974 bits per heavy atom. The zero-order valence-corrected chi connectivity index (χ0v) is 24.4. The molecule has 0 amide bonds. The summed E-state index contributed by atoms with van der Waals surface area (Å²) in [6, 6.07) is 3.88. The number of rotatable bonds is 14. The minimum absolute atomic E-state index is 0.0311. The Morgan fingerprint density at radius 3 is 2.00 bits per heavy atom. The Labute approximate surface area is 232 Å². The van der Waals surface area contributed by atoms with E-state index < -0.39 is 17.9 Å². The van der Waals surface area contributed by atoms with Crippen molar-refractivity contribution in [2.24, 2.45) is 17.3 Å². The number of esters is 2. The van der Waals surface area contributed by atoms with Crippen molar-refractivity contribution in [2.75, 3.05) is 27.4 Å². The molecule has 3 atom stereocenters. The summed E-state index contributed by atoms with van der Waals surface area (Å²) in [5.74, 6) is -1.35. The molecule has 4 rings (SSSR count). The highest BCUT2D eigenvalue weighted by Gasteiger charge is 2.57. The van der Waals surface area contributed by atoms with E-state index in [1.165, 1.54) is 20.6 Å². The lowest BCUT2D eigenvalue weighted by Gasteiger charge is -2.58. The van der Waals surface area contributed by atoms with E-state index in [1.54, 1.807) is 6.08 Å². The molecule has 2 bridgehead atoms. The maximum atomic E-state index is 12.2. The van der Waals surface area contributed by atoms with E-state index in [-0.39, 0.29) is 41.8 Å². The number of carboxylic acids is 1. The van der Waals surface area contributed by atoms with Crippen molar-refractivity contribution in [3.8, 4) is 11.5 Å². The van der Waals surface area contributed by atoms with Gasteiger partial charge in [0.2, 0.25) is 0 Å². The third-order valence-electron chi connectivity index (χ3n) is 8.78. The van der Waals surface area contributed by atoms with Crippen LogP contribution in [0.1, 0.15) is 90.2 Å². The molecule has 1 N–H and O–H groups in total. The van der Waals surface area contributed by atoms with Crippen LogP contribution in [0.5, 0.6) is 11.5 Å². The van der Waals surface area contributed by atoms with E-state index in [9.17, 15) is 19.5 Å². The van der Waals surface area contributed by atoms with Crippen LogP contribution in [0, 0.1) is 17.3 Å². The van der Waals surface area contributed by atoms with E-state index in [0.717, 1.165) is 37.7 Å². The van der Waals surface area contributed by atoms with Gasteiger partial charge < -0.3 is 24.1 Å². The number of benzene rings is 1. The second-order valence-corrected chi connectivity index (χ2v) is 12.0. The summed E-state index contributed by atoms with van der Waals surface area (Å²) in [7, 11) is 2.60. The van der Waals surface area contributed by atoms with Gasteiger partial charge >= 0.3 is 17.9 Å². The summed E-state index contributed by atoms with van der Waals surface area (Å²) in [5.41, 5.74) is 1.48. The second-order valence-electron chi connectivity index (χ2n) is 12.0. The van der Waals surface area contributed by atoms with Crippen LogP contribution >= 0.6 is 0 Å². The molecule has 0 saturated heterocycles. The third-order valence-corrected chi connectivity index (χ3v) is 8.78. The Balaban J connectivity index is 2.16. The number of carboxylic acid groups (broad SMARTS) is 1. The number of hydrogen-bond donors (Lipinski definition) is 1. The van der Waals surface area contributed by atoms with Crippen molar-refractivity contribution >= 4 is 17.9 Å². The van der Waals surface area contributed by atoms with Crippen LogP contribution in [0.25, 0.3) is 0 Å². The standard InChI is InChI=1S/C31H44O8/c1-8-9-10-11-12-30(2,3)19-13-24(38-17-26(32)36-6)28(25(14-19)39-18-27(33)37-7)20-15-21(29(34)35)23-16-22(20)31(23,4)5/h13-15,20,22-23H,8-12,16-18H2,1-7H3,(H,34,35)/t20-,22?,23-/m0/s1. The molecule has 39 heavy (non-hydrogen) atoms. The summed E-state index contributed by atoms with van der Waals surface area (Å²) in [5, 5.41) is 10.0. The molecule has 3 aliphatic rings. The number of aliphatic carboxylic acids is 1. The average Bonchev–Trinajstić information content (AvgIpc) is 2.91. The Hall–Kier alpha value is -3.03. The molecular formula is C31H44O8. The molecule has 8 nitrogen and oxygen atoms in total. The number of ether oxygens (including phenoxy) is 4. The van der Waals surface area contributed by atoms with Gasteiger partial charge in [-0.1, -0.05) is 66.4 Å². The van der Waals surface area contributed by atoms with Crippen molar-refractivity contribution in [3.05, 3.63) is 34.9 Å². The lowest BCUT2D eigenvalue weighted by molar-refractivity contribution is -0.143. The summed E-state index contributed by atoms with van der Waals surface area (Å²) in [6.07, 6.45) is 7.98. The average molecular weight is 545 g/mol. The largest absolute Gasteiger partial charge is 0.481 e. The first kappa shape index (κ1) is 30.5. The molecule has 1 fully saturated rings. The first-order chi connectivity index (χ1) is 18.4. The first-order valence-corrected chi connectivity index (χ1v) is 13.9. The summed E-state index contributed by atoms with van der Waals surface area (Å²) < 4.78 is 21.8. The van der Waals surface area contributed by atoms with Gasteiger partial charge in [-0.05, 0) is 53.2 Å². The normalized spacial score (nSPS) is 21.3. The highest BCUT2D eigenvalue weighted by Crippen LogP contribution is 2.65. The predicted octanol–water partition coefficient (Wildman–Crippen LogP) is 5.81. The van der Waals surface area contributed by atoms with E-state index in [4.69, 9.17) is 18.9 Å². The highest BCUT2D eigenvalue weighted by molar-refractivity contribution is 5.88. The molecule has 1 unspecified atom stereocenters. The molecule has 0 spiro atoms. The second kappa shape index (κ2) is 12.4. The number of fused-ring (bicyclic) bond motifs is 1. The minimum Gasteiger partial charge on any atom is -0.481 e. The highest BCUT2D eigenvalue weighted by atomic mass is 16.6. The fourth-order valence-corrected chi connectivity index (χ4v) is 6.12. The van der Waals surface area contributed by atoms with Gasteiger partial charge in [-0.3, -0.25) is 0 Å². The van der Waals surface area contributed by atoms with Gasteiger partial charge in [-0.2, -0.15) is 0 Å². The molecule has 0 heterocycles. The molecule has 0 radical (unpaired) electrons. The molecule has 8 heteroatoms. The minimum atomic E-state index is -0.935. The van der Waals surface area contributed by atoms with Crippen LogP contribution in [0.4, 0.5) is 0 Å². The monoisotopic (exact) mass is 544 g/mol. The van der Waals surface area contributed by atoms with Gasteiger partial charge in [0.15, 0.2) is 13.2 Å². The Morgan fingerprint density at radius 2 is 1.54 bits per heavy atom. The molecule has 0 aromatic heterocycles. The molecule has 0 aliphatic heterocycles. The van der Waals surface area contributed by atoms with Crippen LogP contribution in [0.15, 0.2) is 23.8 Å². The number of hydrogen-bond acceptors (Lipinski definition) is 7. The summed E-state index contributed by atoms with van der Waals surface area (Å²) in [6.45, 7) is 10.1. The fraction of sp³-hybridized carbons (Fsp3) is 0.645. The lowest BCUT2D eigenvalue weighted by atomic mass is 9.45. The predicted molar refractivity (Wildman–Crippen MR) is 147 cm³/mol. The van der Waals surface area contributed by atoms with Crippen LogP contribution in [-0.4, -0.2) is 50.4 Å². The molecule has 1 aromatic rings. The van der Waals surface area contributed by atoms with Gasteiger partial charge in [-0.25, -0.2) is 14.4 Å². The molecule has 1 saturated carbocycles. The molecule has 1 aromatic carbocycles. The van der Waals surface area contributed by atoms with Crippen molar-refractivity contribution < 1.29 is 38.4 Å². The zero-order chi connectivity index (χ0) is 29.0. The van der Waals surface area contributed by atoms with E-state index in [2.05, 4.69) is 34.6 Å². The van der Waals surface area contributed by atoms with E-state index in [0.29, 0.717) is 22.6 Å². The van der Waals surface area contributed by atoms with Crippen molar-refractivity contribution in [3.63, 3.8) is 0 Å². The third kappa shape index (κ3) is 6.59. The van der Waals surface area contributed by atoms with Crippen LogP contribution < -0.4 is 9.47 Å². The quantitative estimate of drug-likeness (QED) is 0.231.